The Morgan fingerprint density at radius 2 is 1.86 bits per heavy atom. The number of ether oxygens (including phenoxy) is 1. The predicted molar refractivity (Wildman–Crippen MR) is 148 cm³/mol. The molecule has 3 rings (SSSR count). The molecule has 0 unspecified atom stereocenters. The van der Waals surface area contributed by atoms with E-state index in [1.54, 1.807) is 0 Å². The van der Waals surface area contributed by atoms with Crippen LogP contribution in [-0.2, 0) is 13.0 Å². The SMILES string of the molecule is CC(C)[C@@H](CO)NC(=O)c1ccc2c(c1)Cc1cccc(c1)CN(CCC(C)(C)C)CCCCCO2. The zero-order valence-corrected chi connectivity index (χ0v) is 23.0. The van der Waals surface area contributed by atoms with Crippen LogP contribution in [0, 0.1) is 11.3 Å². The van der Waals surface area contributed by atoms with Crippen LogP contribution in [0.4, 0.5) is 0 Å². The van der Waals surface area contributed by atoms with Gasteiger partial charge in [0.05, 0.1) is 19.3 Å². The molecule has 5 nitrogen and oxygen atoms in total. The zero-order chi connectivity index (χ0) is 26.1. The lowest BCUT2D eigenvalue weighted by Crippen LogP contribution is -2.41. The molecule has 1 atom stereocenters. The number of carbonyl (C=O) groups excluding carboxylic acids is 1. The Morgan fingerprint density at radius 3 is 2.58 bits per heavy atom. The fraction of sp³-hybridized carbons (Fsp3) is 0.581. The molecule has 2 aromatic carbocycles. The normalized spacial score (nSPS) is 16.5. The van der Waals surface area contributed by atoms with E-state index in [1.165, 1.54) is 24.0 Å². The minimum absolute atomic E-state index is 0.0724. The highest BCUT2D eigenvalue weighted by molar-refractivity contribution is 5.94. The molecule has 1 aliphatic rings. The summed E-state index contributed by atoms with van der Waals surface area (Å²) in [6.45, 7) is 14.7. The molecule has 5 heteroatoms. The summed E-state index contributed by atoms with van der Waals surface area (Å²) in [5.41, 5.74) is 4.50. The molecule has 0 saturated heterocycles. The first kappa shape index (κ1) is 28.2. The Bertz CT molecular complexity index is 980. The minimum atomic E-state index is -0.264. The van der Waals surface area contributed by atoms with E-state index in [2.05, 4.69) is 55.3 Å². The number of benzene rings is 2. The van der Waals surface area contributed by atoms with E-state index in [0.29, 0.717) is 24.0 Å². The molecule has 0 radical (unpaired) electrons. The number of aliphatic hydroxyl groups is 1. The molecule has 0 saturated carbocycles. The third-order valence-electron chi connectivity index (χ3n) is 6.99. The van der Waals surface area contributed by atoms with Crippen molar-refractivity contribution in [1.29, 1.82) is 0 Å². The molecule has 0 spiro atoms. The highest BCUT2D eigenvalue weighted by atomic mass is 16.5. The minimum Gasteiger partial charge on any atom is -0.493 e. The van der Waals surface area contributed by atoms with Gasteiger partial charge < -0.3 is 15.2 Å². The number of hydrogen-bond acceptors (Lipinski definition) is 4. The quantitative estimate of drug-likeness (QED) is 0.531. The summed E-state index contributed by atoms with van der Waals surface area (Å²) < 4.78 is 6.21. The molecule has 1 aliphatic heterocycles. The van der Waals surface area contributed by atoms with E-state index in [-0.39, 0.29) is 24.5 Å². The van der Waals surface area contributed by atoms with Gasteiger partial charge in [-0.1, -0.05) is 58.9 Å². The van der Waals surface area contributed by atoms with Gasteiger partial charge in [-0.3, -0.25) is 9.69 Å². The maximum atomic E-state index is 12.9. The van der Waals surface area contributed by atoms with Gasteiger partial charge in [0.1, 0.15) is 5.75 Å². The van der Waals surface area contributed by atoms with Gasteiger partial charge in [0.15, 0.2) is 0 Å². The lowest BCUT2D eigenvalue weighted by atomic mass is 9.92. The average molecular weight is 495 g/mol. The van der Waals surface area contributed by atoms with Crippen molar-refractivity contribution in [1.82, 2.24) is 10.2 Å². The van der Waals surface area contributed by atoms with Crippen molar-refractivity contribution >= 4 is 5.91 Å². The van der Waals surface area contributed by atoms with Gasteiger partial charge in [-0.05, 0) is 85.0 Å². The maximum Gasteiger partial charge on any atom is 0.251 e. The summed E-state index contributed by atoms with van der Waals surface area (Å²) in [5.74, 6) is 0.849. The number of aliphatic hydroxyl groups excluding tert-OH is 1. The monoisotopic (exact) mass is 494 g/mol. The van der Waals surface area contributed by atoms with Crippen LogP contribution in [0.25, 0.3) is 0 Å². The Hall–Kier alpha value is -2.37. The number of fused-ring (bicyclic) bond motifs is 3. The summed E-state index contributed by atoms with van der Waals surface area (Å²) in [6, 6.07) is 14.3. The molecule has 0 fully saturated rings. The second-order valence-electron chi connectivity index (χ2n) is 11.8. The third-order valence-corrected chi connectivity index (χ3v) is 6.99. The molecule has 36 heavy (non-hydrogen) atoms. The Morgan fingerprint density at radius 1 is 1.08 bits per heavy atom. The van der Waals surface area contributed by atoms with Crippen molar-refractivity contribution in [2.45, 2.75) is 79.3 Å². The highest BCUT2D eigenvalue weighted by Crippen LogP contribution is 2.26. The molecular weight excluding hydrogens is 448 g/mol. The van der Waals surface area contributed by atoms with Gasteiger partial charge in [0.25, 0.3) is 5.91 Å². The van der Waals surface area contributed by atoms with Gasteiger partial charge in [-0.2, -0.15) is 0 Å². The molecule has 2 bridgehead atoms. The fourth-order valence-corrected chi connectivity index (χ4v) is 4.55. The largest absolute Gasteiger partial charge is 0.493 e. The highest BCUT2D eigenvalue weighted by Gasteiger charge is 2.18. The Labute approximate surface area is 218 Å². The second-order valence-corrected chi connectivity index (χ2v) is 11.8. The second kappa shape index (κ2) is 13.3. The van der Waals surface area contributed by atoms with E-state index < -0.39 is 0 Å². The van der Waals surface area contributed by atoms with Crippen molar-refractivity contribution in [3.05, 3.63) is 64.7 Å². The van der Waals surface area contributed by atoms with Gasteiger partial charge in [-0.25, -0.2) is 0 Å². The first-order chi connectivity index (χ1) is 17.1. The fourth-order valence-electron chi connectivity index (χ4n) is 4.55. The predicted octanol–water partition coefficient (Wildman–Crippen LogP) is 5.83. The van der Waals surface area contributed by atoms with Crippen LogP contribution >= 0.6 is 0 Å². The zero-order valence-electron chi connectivity index (χ0n) is 23.0. The summed E-state index contributed by atoms with van der Waals surface area (Å²) in [5, 5.41) is 12.6. The number of carbonyl (C=O) groups is 1. The summed E-state index contributed by atoms with van der Waals surface area (Å²) in [6.07, 6.45) is 5.22. The van der Waals surface area contributed by atoms with Gasteiger partial charge in [0, 0.05) is 18.5 Å². The molecular formula is C31H46N2O3. The number of nitrogens with zero attached hydrogens (tertiary/aromatic N) is 1. The van der Waals surface area contributed by atoms with Crippen LogP contribution in [0.5, 0.6) is 5.75 Å². The van der Waals surface area contributed by atoms with E-state index in [0.717, 1.165) is 43.8 Å². The van der Waals surface area contributed by atoms with Crippen molar-refractivity contribution in [3.63, 3.8) is 0 Å². The first-order valence-corrected chi connectivity index (χ1v) is 13.6. The van der Waals surface area contributed by atoms with Crippen molar-refractivity contribution < 1.29 is 14.6 Å². The van der Waals surface area contributed by atoms with Crippen LogP contribution in [0.1, 0.15) is 87.4 Å². The summed E-state index contributed by atoms with van der Waals surface area (Å²) in [4.78, 5) is 15.5. The maximum absolute atomic E-state index is 12.9. The lowest BCUT2D eigenvalue weighted by molar-refractivity contribution is 0.0896. The number of hydrogen-bond donors (Lipinski definition) is 2. The Kier molecular flexibility index (Phi) is 10.4. The molecule has 2 N–H and O–H groups in total. The molecule has 198 valence electrons. The standard InChI is InChI=1S/C31H46N2O3/c1-23(2)28(22-34)32-30(35)26-12-13-29-27(20-26)19-24-10-9-11-25(18-24)21-33(16-14-31(3,4)5)15-7-6-8-17-36-29/h9-13,18,20,23,28,34H,6-8,14-17,19,21-22H2,1-5H3,(H,32,35)/t28-/m1/s1. The van der Waals surface area contributed by atoms with E-state index in [1.807, 2.05) is 32.0 Å². The van der Waals surface area contributed by atoms with Crippen LogP contribution in [0.3, 0.4) is 0 Å². The van der Waals surface area contributed by atoms with E-state index >= 15 is 0 Å². The van der Waals surface area contributed by atoms with Gasteiger partial charge in [-0.15, -0.1) is 0 Å². The smallest absolute Gasteiger partial charge is 0.251 e. The van der Waals surface area contributed by atoms with Crippen molar-refractivity contribution in [2.75, 3.05) is 26.3 Å². The first-order valence-electron chi connectivity index (χ1n) is 13.6. The molecule has 0 aromatic heterocycles. The lowest BCUT2D eigenvalue weighted by Gasteiger charge is -2.27. The van der Waals surface area contributed by atoms with Crippen molar-refractivity contribution in [2.24, 2.45) is 11.3 Å². The average Bonchev–Trinajstić information content (AvgIpc) is 2.82. The molecule has 1 amide bonds. The van der Waals surface area contributed by atoms with Gasteiger partial charge >= 0.3 is 0 Å². The van der Waals surface area contributed by atoms with Crippen LogP contribution < -0.4 is 10.1 Å². The third kappa shape index (κ3) is 8.94. The van der Waals surface area contributed by atoms with Gasteiger partial charge in [0.2, 0.25) is 0 Å². The number of nitrogens with one attached hydrogen (secondary N) is 1. The topological polar surface area (TPSA) is 61.8 Å². The van der Waals surface area contributed by atoms with Crippen molar-refractivity contribution in [3.8, 4) is 5.75 Å². The van der Waals surface area contributed by atoms with Crippen LogP contribution in [0.15, 0.2) is 42.5 Å². The summed E-state index contributed by atoms with van der Waals surface area (Å²) in [7, 11) is 0. The van der Waals surface area contributed by atoms with Crippen LogP contribution in [0.2, 0.25) is 0 Å². The van der Waals surface area contributed by atoms with E-state index in [4.69, 9.17) is 4.74 Å². The molecule has 1 heterocycles. The van der Waals surface area contributed by atoms with E-state index in [9.17, 15) is 9.90 Å². The molecule has 0 aliphatic carbocycles. The Balaban J connectivity index is 1.84. The number of amides is 1. The number of rotatable bonds is 6. The summed E-state index contributed by atoms with van der Waals surface area (Å²) >= 11 is 0. The molecule has 2 aromatic rings. The van der Waals surface area contributed by atoms with Crippen LogP contribution in [-0.4, -0.2) is 48.3 Å².